The number of nitrogens with one attached hydrogen (secondary N) is 1. The fourth-order valence-corrected chi connectivity index (χ4v) is 4.55. The lowest BCUT2D eigenvalue weighted by Crippen LogP contribution is -2.50. The number of fused-ring (bicyclic) bond motifs is 1. The van der Waals surface area contributed by atoms with E-state index in [0.717, 1.165) is 50.0 Å². The molecule has 2 saturated heterocycles. The van der Waals surface area contributed by atoms with Crippen molar-refractivity contribution in [2.24, 2.45) is 4.99 Å². The molecule has 3 heterocycles. The van der Waals surface area contributed by atoms with Crippen LogP contribution in [-0.2, 0) is 17.8 Å². The van der Waals surface area contributed by atoms with Crippen LogP contribution >= 0.6 is 0 Å². The van der Waals surface area contributed by atoms with E-state index >= 15 is 0 Å². The molecule has 2 atom stereocenters. The summed E-state index contributed by atoms with van der Waals surface area (Å²) in [6.07, 6.45) is 1.90. The molecular formula is C25H29N5O2. The van der Waals surface area contributed by atoms with Gasteiger partial charge >= 0.3 is 0 Å². The van der Waals surface area contributed by atoms with Gasteiger partial charge in [0.15, 0.2) is 5.96 Å². The molecule has 0 bridgehead atoms. The molecule has 2 fully saturated rings. The average molecular weight is 432 g/mol. The highest BCUT2D eigenvalue weighted by molar-refractivity contribution is 5.80. The van der Waals surface area contributed by atoms with Crippen LogP contribution in [0.1, 0.15) is 11.3 Å². The number of oxazole rings is 1. The summed E-state index contributed by atoms with van der Waals surface area (Å²) in [5, 5.41) is 3.45. The number of rotatable bonds is 5. The van der Waals surface area contributed by atoms with Crippen molar-refractivity contribution in [2.45, 2.75) is 25.2 Å². The maximum atomic E-state index is 6.12. The Labute approximate surface area is 188 Å². The molecule has 0 radical (unpaired) electrons. The minimum absolute atomic E-state index is 0.197. The van der Waals surface area contributed by atoms with Crippen molar-refractivity contribution in [1.29, 1.82) is 0 Å². The van der Waals surface area contributed by atoms with Crippen molar-refractivity contribution >= 4 is 5.96 Å². The molecule has 2 aliphatic heterocycles. The standard InChI is InChI=1S/C25H29N5O2/c1-26-25(27-14-21-18-32-24(28-21)20-10-6-3-7-11-20)30-16-22-23(17-30)31-13-12-29(22)15-19-8-4-2-5-9-19/h2-11,18,22-23H,12-17H2,1H3,(H,26,27). The van der Waals surface area contributed by atoms with Crippen LogP contribution in [0.3, 0.4) is 0 Å². The SMILES string of the molecule is CN=C(NCc1coc(-c2ccccc2)n1)N1CC2OCCN(Cc3ccccc3)C2C1. The van der Waals surface area contributed by atoms with Gasteiger partial charge < -0.3 is 19.4 Å². The summed E-state index contributed by atoms with van der Waals surface area (Å²) >= 11 is 0. The van der Waals surface area contributed by atoms with Crippen LogP contribution in [0.5, 0.6) is 0 Å². The summed E-state index contributed by atoms with van der Waals surface area (Å²) < 4.78 is 11.8. The number of hydrogen-bond donors (Lipinski definition) is 1. The Kier molecular flexibility index (Phi) is 6.18. The monoisotopic (exact) mass is 431 g/mol. The van der Waals surface area contributed by atoms with Gasteiger partial charge in [0.25, 0.3) is 0 Å². The number of aliphatic imine (C=N–C) groups is 1. The second-order valence-electron chi connectivity index (χ2n) is 8.25. The van der Waals surface area contributed by atoms with Crippen LogP contribution in [-0.4, -0.2) is 66.2 Å². The van der Waals surface area contributed by atoms with E-state index in [4.69, 9.17) is 9.15 Å². The molecule has 0 aliphatic carbocycles. The largest absolute Gasteiger partial charge is 0.444 e. The lowest BCUT2D eigenvalue weighted by atomic mass is 10.1. The van der Waals surface area contributed by atoms with Gasteiger partial charge in [0.2, 0.25) is 5.89 Å². The quantitative estimate of drug-likeness (QED) is 0.495. The molecule has 7 nitrogen and oxygen atoms in total. The van der Waals surface area contributed by atoms with Crippen LogP contribution in [0.15, 0.2) is 76.3 Å². The number of nitrogens with zero attached hydrogens (tertiary/aromatic N) is 4. The number of guanidine groups is 1. The average Bonchev–Trinajstić information content (AvgIpc) is 3.49. The van der Waals surface area contributed by atoms with Crippen molar-refractivity contribution in [3.05, 3.63) is 78.2 Å². The first kappa shape index (κ1) is 20.7. The first-order valence-electron chi connectivity index (χ1n) is 11.1. The van der Waals surface area contributed by atoms with Crippen LogP contribution < -0.4 is 5.32 Å². The van der Waals surface area contributed by atoms with E-state index in [0.29, 0.717) is 18.5 Å². The highest BCUT2D eigenvalue weighted by Crippen LogP contribution is 2.25. The minimum atomic E-state index is 0.197. The third-order valence-electron chi connectivity index (χ3n) is 6.16. The fourth-order valence-electron chi connectivity index (χ4n) is 4.55. The fraction of sp³-hybridized carbons (Fsp3) is 0.360. The van der Waals surface area contributed by atoms with Crippen LogP contribution in [0.4, 0.5) is 0 Å². The molecular weight excluding hydrogens is 402 g/mol. The number of hydrogen-bond acceptors (Lipinski definition) is 5. The molecule has 0 spiro atoms. The second kappa shape index (κ2) is 9.54. The molecule has 5 rings (SSSR count). The summed E-state index contributed by atoms with van der Waals surface area (Å²) in [6, 6.07) is 21.0. The predicted octanol–water partition coefficient (Wildman–Crippen LogP) is 3.00. The Morgan fingerprint density at radius 1 is 1.09 bits per heavy atom. The molecule has 0 amide bonds. The van der Waals surface area contributed by atoms with E-state index in [1.165, 1.54) is 5.56 Å². The zero-order chi connectivity index (χ0) is 21.8. The number of likely N-dealkylation sites (tertiary alicyclic amines) is 1. The molecule has 32 heavy (non-hydrogen) atoms. The van der Waals surface area contributed by atoms with Crippen molar-refractivity contribution < 1.29 is 9.15 Å². The van der Waals surface area contributed by atoms with Crippen LogP contribution in [0.25, 0.3) is 11.5 Å². The Hall–Kier alpha value is -3.16. The normalized spacial score (nSPS) is 21.5. The minimum Gasteiger partial charge on any atom is -0.444 e. The summed E-state index contributed by atoms with van der Waals surface area (Å²) in [7, 11) is 1.82. The smallest absolute Gasteiger partial charge is 0.226 e. The predicted molar refractivity (Wildman–Crippen MR) is 124 cm³/mol. The van der Waals surface area contributed by atoms with E-state index in [1.54, 1.807) is 6.26 Å². The molecule has 2 unspecified atom stereocenters. The van der Waals surface area contributed by atoms with Gasteiger partial charge in [0, 0.05) is 38.8 Å². The maximum Gasteiger partial charge on any atom is 0.226 e. The van der Waals surface area contributed by atoms with E-state index in [1.807, 2.05) is 37.4 Å². The third-order valence-corrected chi connectivity index (χ3v) is 6.16. The molecule has 2 aromatic carbocycles. The lowest BCUT2D eigenvalue weighted by molar-refractivity contribution is -0.0502. The second-order valence-corrected chi connectivity index (χ2v) is 8.25. The van der Waals surface area contributed by atoms with Gasteiger partial charge in [-0.25, -0.2) is 4.98 Å². The van der Waals surface area contributed by atoms with E-state index in [2.05, 4.69) is 55.4 Å². The van der Waals surface area contributed by atoms with Crippen LogP contribution in [0, 0.1) is 0 Å². The Morgan fingerprint density at radius 3 is 2.66 bits per heavy atom. The van der Waals surface area contributed by atoms with Crippen molar-refractivity contribution in [3.63, 3.8) is 0 Å². The Morgan fingerprint density at radius 2 is 1.88 bits per heavy atom. The molecule has 166 valence electrons. The van der Waals surface area contributed by atoms with Gasteiger partial charge in [0.05, 0.1) is 31.0 Å². The number of morpholine rings is 1. The van der Waals surface area contributed by atoms with Gasteiger partial charge in [-0.3, -0.25) is 9.89 Å². The van der Waals surface area contributed by atoms with Crippen molar-refractivity contribution in [2.75, 3.05) is 33.3 Å². The van der Waals surface area contributed by atoms with Gasteiger partial charge in [-0.2, -0.15) is 0 Å². The number of ether oxygens (including phenoxy) is 1. The number of aromatic nitrogens is 1. The highest BCUT2D eigenvalue weighted by atomic mass is 16.5. The Balaban J connectivity index is 1.20. The first-order valence-corrected chi connectivity index (χ1v) is 11.1. The van der Waals surface area contributed by atoms with E-state index in [9.17, 15) is 0 Å². The molecule has 3 aromatic rings. The van der Waals surface area contributed by atoms with Crippen molar-refractivity contribution in [3.8, 4) is 11.5 Å². The molecule has 1 aromatic heterocycles. The first-order chi connectivity index (χ1) is 15.8. The zero-order valence-electron chi connectivity index (χ0n) is 18.4. The molecule has 0 saturated carbocycles. The summed E-state index contributed by atoms with van der Waals surface area (Å²) in [4.78, 5) is 14.0. The summed E-state index contributed by atoms with van der Waals surface area (Å²) in [5.41, 5.74) is 3.17. The lowest BCUT2D eigenvalue weighted by Gasteiger charge is -2.36. The maximum absolute atomic E-state index is 6.12. The van der Waals surface area contributed by atoms with Crippen molar-refractivity contribution in [1.82, 2.24) is 20.1 Å². The summed E-state index contributed by atoms with van der Waals surface area (Å²) in [6.45, 7) is 4.97. The topological polar surface area (TPSA) is 66.1 Å². The van der Waals surface area contributed by atoms with E-state index < -0.39 is 0 Å². The van der Waals surface area contributed by atoms with Gasteiger partial charge in [-0.05, 0) is 17.7 Å². The Bertz CT molecular complexity index is 1040. The van der Waals surface area contributed by atoms with Gasteiger partial charge in [-0.1, -0.05) is 48.5 Å². The highest BCUT2D eigenvalue weighted by Gasteiger charge is 2.41. The van der Waals surface area contributed by atoms with Gasteiger partial charge in [0.1, 0.15) is 6.26 Å². The number of benzene rings is 2. The van der Waals surface area contributed by atoms with Gasteiger partial charge in [-0.15, -0.1) is 0 Å². The van der Waals surface area contributed by atoms with E-state index in [-0.39, 0.29) is 6.10 Å². The molecule has 7 heteroatoms. The third kappa shape index (κ3) is 4.54. The zero-order valence-corrected chi connectivity index (χ0v) is 18.4. The summed E-state index contributed by atoms with van der Waals surface area (Å²) in [5.74, 6) is 1.50. The molecule has 1 N–H and O–H groups in total. The van der Waals surface area contributed by atoms with Crippen LogP contribution in [0.2, 0.25) is 0 Å². The molecule has 2 aliphatic rings.